The molecule has 2 N–H and O–H groups in total. The summed E-state index contributed by atoms with van der Waals surface area (Å²) in [6.07, 6.45) is 0.889. The summed E-state index contributed by atoms with van der Waals surface area (Å²) in [5.74, 6) is -0.386. The van der Waals surface area contributed by atoms with Crippen LogP contribution in [0.2, 0.25) is 0 Å². The van der Waals surface area contributed by atoms with Crippen LogP contribution in [0.15, 0.2) is 59.4 Å². The van der Waals surface area contributed by atoms with E-state index in [9.17, 15) is 24.3 Å². The lowest BCUT2D eigenvalue weighted by molar-refractivity contribution is -0.172. The fraction of sp³-hybridized carbons (Fsp3) is 0.361. The van der Waals surface area contributed by atoms with Crippen molar-refractivity contribution in [1.82, 2.24) is 19.8 Å². The maximum Gasteiger partial charge on any atom is 0.415 e. The second kappa shape index (κ2) is 12.4. The summed E-state index contributed by atoms with van der Waals surface area (Å²) >= 11 is 0. The molecular weight excluding hydrogens is 616 g/mol. The fourth-order valence-electron chi connectivity index (χ4n) is 6.91. The molecule has 0 radical (unpaired) electrons. The number of nitrogens with zero attached hydrogens (tertiary/aromatic N) is 3. The van der Waals surface area contributed by atoms with Crippen molar-refractivity contribution in [3.63, 3.8) is 0 Å². The fourth-order valence-corrected chi connectivity index (χ4v) is 6.91. The number of alkyl carbamates (subject to hydrolysis) is 1. The normalized spacial score (nSPS) is 18.5. The number of amides is 2. The minimum Gasteiger partial charge on any atom is -0.458 e. The molecule has 0 bridgehead atoms. The molecule has 2 aromatic carbocycles. The van der Waals surface area contributed by atoms with E-state index in [2.05, 4.69) is 5.32 Å². The van der Waals surface area contributed by atoms with Crippen LogP contribution in [0.5, 0.6) is 5.75 Å². The highest BCUT2D eigenvalue weighted by atomic mass is 16.6. The van der Waals surface area contributed by atoms with E-state index in [0.29, 0.717) is 55.0 Å². The number of rotatable bonds is 6. The zero-order valence-electron chi connectivity index (χ0n) is 26.8. The van der Waals surface area contributed by atoms with E-state index in [1.165, 1.54) is 0 Å². The summed E-state index contributed by atoms with van der Waals surface area (Å²) in [6, 6.07) is 16.3. The van der Waals surface area contributed by atoms with Crippen LogP contribution in [0.3, 0.4) is 0 Å². The van der Waals surface area contributed by atoms with Crippen LogP contribution >= 0.6 is 0 Å². The predicted octanol–water partition coefficient (Wildman–Crippen LogP) is 4.53. The predicted molar refractivity (Wildman–Crippen MR) is 174 cm³/mol. The number of hydrogen-bond donors (Lipinski definition) is 2. The number of carbonyl (C=O) groups is 3. The first kappa shape index (κ1) is 31.4. The zero-order valence-corrected chi connectivity index (χ0v) is 26.8. The van der Waals surface area contributed by atoms with Gasteiger partial charge in [-0.3, -0.25) is 4.79 Å². The third kappa shape index (κ3) is 5.45. The van der Waals surface area contributed by atoms with Gasteiger partial charge in [0, 0.05) is 35.6 Å². The second-order valence-electron chi connectivity index (χ2n) is 12.4. The molecule has 1 fully saturated rings. The van der Waals surface area contributed by atoms with Gasteiger partial charge in [-0.15, -0.1) is 0 Å². The van der Waals surface area contributed by atoms with Crippen LogP contribution in [0, 0.1) is 0 Å². The summed E-state index contributed by atoms with van der Waals surface area (Å²) in [6.45, 7) is 4.82. The number of ether oxygens (including phenoxy) is 3. The molecule has 12 heteroatoms. The number of fused-ring (bicyclic) bond motifs is 5. The first-order valence-electron chi connectivity index (χ1n) is 16.3. The van der Waals surface area contributed by atoms with Crippen LogP contribution in [-0.2, 0) is 46.0 Å². The highest BCUT2D eigenvalue weighted by Crippen LogP contribution is 2.40. The molecule has 12 nitrogen and oxygen atoms in total. The van der Waals surface area contributed by atoms with Gasteiger partial charge in [0.2, 0.25) is 0 Å². The smallest absolute Gasteiger partial charge is 0.415 e. The minimum atomic E-state index is -1.89. The minimum absolute atomic E-state index is 0.0696. The van der Waals surface area contributed by atoms with Gasteiger partial charge >= 0.3 is 18.2 Å². The Morgan fingerprint density at radius 1 is 1.06 bits per heavy atom. The number of aryl methyl sites for hydroxylation is 1. The van der Waals surface area contributed by atoms with Crippen LogP contribution in [0.4, 0.5) is 9.59 Å². The Balaban J connectivity index is 1.05. The van der Waals surface area contributed by atoms with E-state index < -0.39 is 23.8 Å². The summed E-state index contributed by atoms with van der Waals surface area (Å²) < 4.78 is 17.9. The van der Waals surface area contributed by atoms with Crippen molar-refractivity contribution in [2.75, 3.05) is 13.1 Å². The molecule has 3 aliphatic rings. The molecule has 48 heavy (non-hydrogen) atoms. The Hall–Kier alpha value is -5.23. The summed E-state index contributed by atoms with van der Waals surface area (Å²) in [7, 11) is 0. The van der Waals surface area contributed by atoms with Gasteiger partial charge in [-0.05, 0) is 61.1 Å². The largest absolute Gasteiger partial charge is 0.458 e. The number of aliphatic hydroxyl groups is 1. The quantitative estimate of drug-likeness (QED) is 0.252. The maximum atomic E-state index is 13.6. The molecule has 7 rings (SSSR count). The number of hydrogen-bond acceptors (Lipinski definition) is 9. The Labute approximate surface area is 276 Å². The molecule has 248 valence electrons. The Bertz CT molecular complexity index is 2000. The molecule has 0 saturated carbocycles. The average Bonchev–Trinajstić information content (AvgIpc) is 3.47. The van der Waals surface area contributed by atoms with Crippen LogP contribution < -0.4 is 15.6 Å². The number of likely N-dealkylation sites (tertiary alicyclic amines) is 1. The third-order valence-corrected chi connectivity index (χ3v) is 9.62. The van der Waals surface area contributed by atoms with Crippen molar-refractivity contribution in [2.45, 2.75) is 70.9 Å². The van der Waals surface area contributed by atoms with Gasteiger partial charge < -0.3 is 34.1 Å². The Morgan fingerprint density at radius 3 is 2.56 bits per heavy atom. The maximum absolute atomic E-state index is 13.6. The van der Waals surface area contributed by atoms with E-state index in [1.54, 1.807) is 40.7 Å². The molecule has 4 aromatic rings. The van der Waals surface area contributed by atoms with Crippen molar-refractivity contribution in [3.8, 4) is 17.1 Å². The number of carbonyl (C=O) groups excluding carboxylic acids is 3. The van der Waals surface area contributed by atoms with Crippen LogP contribution in [0.25, 0.3) is 22.3 Å². The number of esters is 1. The molecule has 2 aromatic heterocycles. The molecule has 5 heterocycles. The van der Waals surface area contributed by atoms with Gasteiger partial charge in [-0.2, -0.15) is 0 Å². The standard InChI is InChI=1S/C36H36N4O8/c1-3-24-25-16-23(48-35(44)39-14-12-22(13-15-39)37-34(43)47-19-21-8-6-5-7-9-21)10-11-29(25)38-31-26(24)18-40-30(31)17-28-27(32(40)41)20-46-33(42)36(28,45)4-2/h5-11,16-17,22,45H,3-4,12-15,18-20H2,1-2H3,(H,37,43). The number of piperidine rings is 1. The Kier molecular flexibility index (Phi) is 8.12. The lowest BCUT2D eigenvalue weighted by Gasteiger charge is -2.31. The first-order valence-corrected chi connectivity index (χ1v) is 16.3. The SMILES string of the molecule is CCc1c2c(nc3ccc(OC(=O)N4CCC(NC(=O)OCc5ccccc5)CC4)cc13)-c1cc3c(c(=O)n1C2)COC(=O)C3(O)CC. The summed E-state index contributed by atoms with van der Waals surface area (Å²) in [5.41, 5.74) is 2.93. The van der Waals surface area contributed by atoms with Gasteiger partial charge in [-0.1, -0.05) is 44.2 Å². The third-order valence-electron chi connectivity index (χ3n) is 9.62. The molecular formula is C36H36N4O8. The van der Waals surface area contributed by atoms with E-state index in [0.717, 1.165) is 22.1 Å². The van der Waals surface area contributed by atoms with Crippen molar-refractivity contribution >= 4 is 29.1 Å². The van der Waals surface area contributed by atoms with E-state index >= 15 is 0 Å². The lowest BCUT2D eigenvalue weighted by atomic mass is 9.86. The summed E-state index contributed by atoms with van der Waals surface area (Å²) in [4.78, 5) is 58.0. The highest BCUT2D eigenvalue weighted by molar-refractivity contribution is 5.90. The number of pyridine rings is 2. The van der Waals surface area contributed by atoms with E-state index in [4.69, 9.17) is 19.2 Å². The molecule has 0 aliphatic carbocycles. The second-order valence-corrected chi connectivity index (χ2v) is 12.4. The van der Waals surface area contributed by atoms with Gasteiger partial charge in [-0.25, -0.2) is 19.4 Å². The molecule has 2 amide bonds. The first-order chi connectivity index (χ1) is 23.2. The molecule has 1 saturated heterocycles. The zero-order chi connectivity index (χ0) is 33.6. The highest BCUT2D eigenvalue weighted by Gasteiger charge is 2.45. The number of aromatic nitrogens is 2. The number of nitrogens with one attached hydrogen (secondary N) is 1. The monoisotopic (exact) mass is 652 g/mol. The van der Waals surface area contributed by atoms with Crippen molar-refractivity contribution in [3.05, 3.63) is 92.8 Å². The Morgan fingerprint density at radius 2 is 1.83 bits per heavy atom. The van der Waals surface area contributed by atoms with Crippen LogP contribution in [-0.4, -0.2) is 56.8 Å². The number of benzene rings is 2. The van der Waals surface area contributed by atoms with Crippen LogP contribution in [0.1, 0.15) is 60.9 Å². The lowest BCUT2D eigenvalue weighted by Crippen LogP contribution is -2.47. The average molecular weight is 653 g/mol. The molecule has 3 aliphatic heterocycles. The topological polar surface area (TPSA) is 149 Å². The van der Waals surface area contributed by atoms with E-state index in [1.807, 2.05) is 37.3 Å². The molecule has 1 unspecified atom stereocenters. The van der Waals surface area contributed by atoms with Crippen molar-refractivity contribution in [2.24, 2.45) is 0 Å². The van der Waals surface area contributed by atoms with Gasteiger partial charge in [0.1, 0.15) is 19.0 Å². The van der Waals surface area contributed by atoms with Gasteiger partial charge in [0.25, 0.3) is 5.56 Å². The van der Waals surface area contributed by atoms with E-state index in [-0.39, 0.29) is 48.9 Å². The number of cyclic esters (lactones) is 1. The molecule has 0 spiro atoms. The summed E-state index contributed by atoms with van der Waals surface area (Å²) in [5, 5.41) is 14.9. The van der Waals surface area contributed by atoms with Crippen molar-refractivity contribution in [1.29, 1.82) is 0 Å². The van der Waals surface area contributed by atoms with Crippen molar-refractivity contribution < 1.29 is 33.7 Å². The molecule has 1 atom stereocenters. The van der Waals surface area contributed by atoms with Gasteiger partial charge in [0.15, 0.2) is 5.60 Å². The van der Waals surface area contributed by atoms with Gasteiger partial charge in [0.05, 0.1) is 29.0 Å².